The minimum absolute atomic E-state index is 0.357. The fourth-order valence-electron chi connectivity index (χ4n) is 1.67. The first-order valence-corrected chi connectivity index (χ1v) is 6.15. The van der Waals surface area contributed by atoms with Gasteiger partial charge < -0.3 is 14.6 Å². The van der Waals surface area contributed by atoms with Crippen LogP contribution in [0.4, 0.5) is 13.2 Å². The molecule has 0 aromatic heterocycles. The molecule has 3 atom stereocenters. The number of aliphatic hydroxyl groups excluding tert-OH is 1. The summed E-state index contributed by atoms with van der Waals surface area (Å²) >= 11 is 0. The lowest BCUT2D eigenvalue weighted by Crippen LogP contribution is -2.46. The Morgan fingerprint density at radius 3 is 2.56 bits per heavy atom. The summed E-state index contributed by atoms with van der Waals surface area (Å²) < 4.78 is 47.3. The van der Waals surface area contributed by atoms with E-state index in [-0.39, 0.29) is 0 Å². The Bertz CT molecular complexity index is 266. The summed E-state index contributed by atoms with van der Waals surface area (Å²) in [5.74, 6) is 0. The SMILES string of the molecule is CCCCCCO[C@H]1C=C[C@H](O)[C@@H](C(F)(F)F)O1. The van der Waals surface area contributed by atoms with Gasteiger partial charge in [0, 0.05) is 0 Å². The van der Waals surface area contributed by atoms with Crippen molar-refractivity contribution >= 4 is 0 Å². The van der Waals surface area contributed by atoms with Gasteiger partial charge in [0.2, 0.25) is 0 Å². The van der Waals surface area contributed by atoms with Gasteiger partial charge in [0.1, 0.15) is 6.10 Å². The smallest absolute Gasteiger partial charge is 0.386 e. The second-order valence-electron chi connectivity index (χ2n) is 4.27. The average molecular weight is 268 g/mol. The zero-order valence-corrected chi connectivity index (χ0v) is 10.3. The molecule has 0 radical (unpaired) electrons. The number of unbranched alkanes of at least 4 members (excludes halogenated alkanes) is 3. The number of rotatable bonds is 6. The molecule has 0 unspecified atom stereocenters. The Labute approximate surface area is 105 Å². The number of ether oxygens (including phenoxy) is 2. The summed E-state index contributed by atoms with van der Waals surface area (Å²) in [6, 6.07) is 0. The van der Waals surface area contributed by atoms with Crippen LogP contribution in [0.15, 0.2) is 12.2 Å². The molecular formula is C12H19F3O3. The molecule has 1 N–H and O–H groups in total. The molecular weight excluding hydrogens is 249 g/mol. The molecule has 0 aliphatic carbocycles. The van der Waals surface area contributed by atoms with Crippen LogP contribution >= 0.6 is 0 Å². The first kappa shape index (κ1) is 15.5. The maximum Gasteiger partial charge on any atom is 0.417 e. The van der Waals surface area contributed by atoms with Crippen molar-refractivity contribution in [1.29, 1.82) is 0 Å². The molecule has 106 valence electrons. The average Bonchev–Trinajstić information content (AvgIpc) is 2.29. The number of alkyl halides is 3. The summed E-state index contributed by atoms with van der Waals surface area (Å²) in [5, 5.41) is 9.18. The Morgan fingerprint density at radius 1 is 1.22 bits per heavy atom. The van der Waals surface area contributed by atoms with Gasteiger partial charge >= 0.3 is 6.18 Å². The maximum atomic E-state index is 12.5. The van der Waals surface area contributed by atoms with Crippen LogP contribution in [0.3, 0.4) is 0 Å². The van der Waals surface area contributed by atoms with Gasteiger partial charge in [0.15, 0.2) is 12.4 Å². The highest BCUT2D eigenvalue weighted by Crippen LogP contribution is 2.29. The summed E-state index contributed by atoms with van der Waals surface area (Å²) in [4.78, 5) is 0. The number of hydrogen-bond acceptors (Lipinski definition) is 3. The van der Waals surface area contributed by atoms with Crippen molar-refractivity contribution < 1.29 is 27.8 Å². The van der Waals surface area contributed by atoms with Crippen molar-refractivity contribution in [2.45, 2.75) is 57.3 Å². The third kappa shape index (κ3) is 4.96. The second kappa shape index (κ2) is 7.11. The van der Waals surface area contributed by atoms with E-state index in [2.05, 4.69) is 11.7 Å². The summed E-state index contributed by atoms with van der Waals surface area (Å²) in [7, 11) is 0. The second-order valence-corrected chi connectivity index (χ2v) is 4.27. The van der Waals surface area contributed by atoms with E-state index >= 15 is 0 Å². The van der Waals surface area contributed by atoms with Gasteiger partial charge in [0.05, 0.1) is 6.61 Å². The quantitative estimate of drug-likeness (QED) is 0.594. The van der Waals surface area contributed by atoms with Gasteiger partial charge in [0.25, 0.3) is 0 Å². The van der Waals surface area contributed by atoms with Crippen LogP contribution in [0.2, 0.25) is 0 Å². The molecule has 0 saturated heterocycles. The van der Waals surface area contributed by atoms with E-state index in [0.717, 1.165) is 31.8 Å². The van der Waals surface area contributed by atoms with Crippen LogP contribution in [-0.4, -0.2) is 36.4 Å². The summed E-state index contributed by atoms with van der Waals surface area (Å²) in [6.07, 6.45) is -3.16. The van der Waals surface area contributed by atoms with Gasteiger partial charge in [-0.2, -0.15) is 13.2 Å². The molecule has 1 aliphatic heterocycles. The molecule has 0 spiro atoms. The third-order valence-corrected chi connectivity index (χ3v) is 2.66. The van der Waals surface area contributed by atoms with Gasteiger partial charge in [-0.1, -0.05) is 32.3 Å². The summed E-state index contributed by atoms with van der Waals surface area (Å²) in [5.41, 5.74) is 0. The van der Waals surface area contributed by atoms with E-state index in [1.165, 1.54) is 6.08 Å². The molecule has 18 heavy (non-hydrogen) atoms. The third-order valence-electron chi connectivity index (χ3n) is 2.66. The van der Waals surface area contributed by atoms with E-state index in [9.17, 15) is 18.3 Å². The monoisotopic (exact) mass is 268 g/mol. The summed E-state index contributed by atoms with van der Waals surface area (Å²) in [6.45, 7) is 2.43. The van der Waals surface area contributed by atoms with E-state index < -0.39 is 24.7 Å². The molecule has 0 saturated carbocycles. The van der Waals surface area contributed by atoms with Crippen LogP contribution in [0.1, 0.15) is 32.6 Å². The van der Waals surface area contributed by atoms with Crippen LogP contribution in [0.25, 0.3) is 0 Å². The molecule has 0 aromatic rings. The van der Waals surface area contributed by atoms with Gasteiger partial charge in [-0.05, 0) is 12.5 Å². The van der Waals surface area contributed by atoms with Crippen LogP contribution in [0.5, 0.6) is 0 Å². The molecule has 6 heteroatoms. The normalized spacial score (nSPS) is 28.6. The van der Waals surface area contributed by atoms with Gasteiger partial charge in [-0.15, -0.1) is 0 Å². The Hall–Kier alpha value is -0.590. The first-order chi connectivity index (χ1) is 8.45. The van der Waals surface area contributed by atoms with Crippen molar-refractivity contribution in [2.24, 2.45) is 0 Å². The standard InChI is InChI=1S/C12H19F3O3/c1-2-3-4-5-8-17-10-7-6-9(16)11(18-10)12(13,14)15/h6-7,9-11,16H,2-5,8H2,1H3/t9-,10+,11-/m0/s1. The van der Waals surface area contributed by atoms with Gasteiger partial charge in [-0.25, -0.2) is 0 Å². The predicted molar refractivity (Wildman–Crippen MR) is 60.0 cm³/mol. The van der Waals surface area contributed by atoms with Crippen LogP contribution < -0.4 is 0 Å². The molecule has 0 amide bonds. The minimum atomic E-state index is -4.59. The van der Waals surface area contributed by atoms with E-state index in [1.807, 2.05) is 0 Å². The number of aliphatic hydroxyl groups is 1. The highest BCUT2D eigenvalue weighted by molar-refractivity contribution is 5.01. The largest absolute Gasteiger partial charge is 0.417 e. The lowest BCUT2D eigenvalue weighted by Gasteiger charge is -2.30. The zero-order chi connectivity index (χ0) is 13.6. The molecule has 0 aromatic carbocycles. The Kier molecular flexibility index (Phi) is 6.11. The predicted octanol–water partition coefficient (Wildman–Crippen LogP) is 2.79. The van der Waals surface area contributed by atoms with Crippen LogP contribution in [0, 0.1) is 0 Å². The fourth-order valence-corrected chi connectivity index (χ4v) is 1.67. The zero-order valence-electron chi connectivity index (χ0n) is 10.3. The fraction of sp³-hybridized carbons (Fsp3) is 0.833. The number of halogens is 3. The first-order valence-electron chi connectivity index (χ1n) is 6.15. The van der Waals surface area contributed by atoms with Crippen molar-refractivity contribution in [1.82, 2.24) is 0 Å². The Balaban J connectivity index is 2.33. The number of hydrogen-bond donors (Lipinski definition) is 1. The molecule has 0 bridgehead atoms. The van der Waals surface area contributed by atoms with E-state index in [1.54, 1.807) is 0 Å². The van der Waals surface area contributed by atoms with E-state index in [4.69, 9.17) is 4.74 Å². The molecule has 1 heterocycles. The lowest BCUT2D eigenvalue weighted by molar-refractivity contribution is -0.283. The molecule has 3 nitrogen and oxygen atoms in total. The lowest BCUT2D eigenvalue weighted by atomic mass is 10.1. The highest BCUT2D eigenvalue weighted by Gasteiger charge is 2.47. The van der Waals surface area contributed by atoms with Crippen LogP contribution in [-0.2, 0) is 9.47 Å². The van der Waals surface area contributed by atoms with E-state index in [0.29, 0.717) is 6.61 Å². The molecule has 1 aliphatic rings. The topological polar surface area (TPSA) is 38.7 Å². The Morgan fingerprint density at radius 2 is 1.94 bits per heavy atom. The maximum absolute atomic E-state index is 12.5. The van der Waals surface area contributed by atoms with Crippen molar-refractivity contribution in [3.05, 3.63) is 12.2 Å². The van der Waals surface area contributed by atoms with Crippen molar-refractivity contribution in [3.63, 3.8) is 0 Å². The molecule has 1 rings (SSSR count). The van der Waals surface area contributed by atoms with Crippen molar-refractivity contribution in [2.75, 3.05) is 6.61 Å². The van der Waals surface area contributed by atoms with Crippen molar-refractivity contribution in [3.8, 4) is 0 Å². The minimum Gasteiger partial charge on any atom is -0.386 e. The highest BCUT2D eigenvalue weighted by atomic mass is 19.4. The molecule has 0 fully saturated rings. The van der Waals surface area contributed by atoms with Gasteiger partial charge in [-0.3, -0.25) is 0 Å².